The van der Waals surface area contributed by atoms with Crippen LogP contribution in [0.15, 0.2) is 41.1 Å². The summed E-state index contributed by atoms with van der Waals surface area (Å²) in [5.41, 5.74) is 6.02. The Balaban J connectivity index is 2.16. The lowest BCUT2D eigenvalue weighted by Crippen LogP contribution is -2.21. The van der Waals surface area contributed by atoms with E-state index in [-0.39, 0.29) is 11.3 Å². The van der Waals surface area contributed by atoms with Crippen molar-refractivity contribution in [2.24, 2.45) is 5.73 Å². The van der Waals surface area contributed by atoms with Crippen LogP contribution in [-0.2, 0) is 0 Å². The molecule has 2 aromatic heterocycles. The number of rotatable bonds is 4. The van der Waals surface area contributed by atoms with Gasteiger partial charge in [0.05, 0.1) is 5.25 Å². The van der Waals surface area contributed by atoms with E-state index >= 15 is 0 Å². The summed E-state index contributed by atoms with van der Waals surface area (Å²) < 4.78 is 0. The van der Waals surface area contributed by atoms with Crippen LogP contribution in [0.4, 0.5) is 0 Å². The van der Waals surface area contributed by atoms with E-state index in [2.05, 4.69) is 27.5 Å². The van der Waals surface area contributed by atoms with Gasteiger partial charge in [0.1, 0.15) is 11.4 Å². The maximum absolute atomic E-state index is 6.02. The highest BCUT2D eigenvalue weighted by molar-refractivity contribution is 7.99. The van der Waals surface area contributed by atoms with Gasteiger partial charge in [-0.05, 0) is 24.4 Å². The van der Waals surface area contributed by atoms with Crippen LogP contribution in [0.3, 0.4) is 0 Å². The van der Waals surface area contributed by atoms with Crippen LogP contribution in [0, 0.1) is 0 Å². The van der Waals surface area contributed by atoms with Crippen molar-refractivity contribution >= 4 is 23.1 Å². The zero-order valence-electron chi connectivity index (χ0n) is 8.91. The minimum Gasteiger partial charge on any atom is -0.327 e. The molecule has 0 bridgehead atoms. The number of thioether (sulfide) groups is 1. The Kier molecular flexibility index (Phi) is 3.93. The van der Waals surface area contributed by atoms with Crippen LogP contribution in [0.1, 0.15) is 17.1 Å². The first-order valence-electron chi connectivity index (χ1n) is 4.99. The molecule has 0 amide bonds. The zero-order valence-corrected chi connectivity index (χ0v) is 10.5. The summed E-state index contributed by atoms with van der Waals surface area (Å²) in [6, 6.07) is 6.18. The highest BCUT2D eigenvalue weighted by Crippen LogP contribution is 2.37. The van der Waals surface area contributed by atoms with Gasteiger partial charge in [0.15, 0.2) is 0 Å². The van der Waals surface area contributed by atoms with E-state index in [0.29, 0.717) is 0 Å². The van der Waals surface area contributed by atoms with Gasteiger partial charge in [-0.1, -0.05) is 17.8 Å². The van der Waals surface area contributed by atoms with Crippen LogP contribution in [0.2, 0.25) is 0 Å². The zero-order chi connectivity index (χ0) is 11.4. The maximum Gasteiger partial charge on any atom is 0.116 e. The molecule has 0 spiro atoms. The van der Waals surface area contributed by atoms with Gasteiger partial charge in [-0.3, -0.25) is 0 Å². The molecule has 2 rings (SSSR count). The summed E-state index contributed by atoms with van der Waals surface area (Å²) in [5, 5.41) is 3.30. The molecule has 84 valence electrons. The molecule has 0 saturated carbocycles. The van der Waals surface area contributed by atoms with Gasteiger partial charge in [-0.2, -0.15) is 0 Å². The Morgan fingerprint density at radius 1 is 1.44 bits per heavy atom. The van der Waals surface area contributed by atoms with Gasteiger partial charge >= 0.3 is 0 Å². The summed E-state index contributed by atoms with van der Waals surface area (Å²) in [7, 11) is 0. The molecule has 0 aliphatic heterocycles. The molecule has 0 fully saturated rings. The van der Waals surface area contributed by atoms with Crippen molar-refractivity contribution in [3.63, 3.8) is 0 Å². The molecule has 5 heteroatoms. The van der Waals surface area contributed by atoms with E-state index in [1.165, 1.54) is 4.88 Å². The van der Waals surface area contributed by atoms with Crippen molar-refractivity contribution in [1.29, 1.82) is 0 Å². The van der Waals surface area contributed by atoms with Gasteiger partial charge in [0, 0.05) is 17.1 Å². The molecule has 0 aliphatic rings. The van der Waals surface area contributed by atoms with E-state index in [1.54, 1.807) is 35.6 Å². The van der Waals surface area contributed by atoms with Gasteiger partial charge < -0.3 is 5.73 Å². The monoisotopic (exact) mass is 251 g/mol. The fraction of sp³-hybridized carbons (Fsp3) is 0.273. The van der Waals surface area contributed by atoms with Gasteiger partial charge in [0.2, 0.25) is 0 Å². The second-order valence-corrected chi connectivity index (χ2v) is 5.60. The van der Waals surface area contributed by atoms with Crippen LogP contribution < -0.4 is 5.73 Å². The minimum atomic E-state index is 0.0959. The quantitative estimate of drug-likeness (QED) is 0.670. The molecule has 2 N–H and O–H groups in total. The SMILES string of the molecule is CC(N)C(Sc1ccncn1)c1cccs1. The number of hydrogen-bond acceptors (Lipinski definition) is 5. The minimum absolute atomic E-state index is 0.0959. The van der Waals surface area contributed by atoms with Crippen LogP contribution in [-0.4, -0.2) is 16.0 Å². The number of thiophene rings is 1. The Hall–Kier alpha value is -0.910. The lowest BCUT2D eigenvalue weighted by molar-refractivity contribution is 0.728. The number of nitrogens with two attached hydrogens (primary N) is 1. The lowest BCUT2D eigenvalue weighted by atomic mass is 10.2. The molecular weight excluding hydrogens is 238 g/mol. The predicted molar refractivity (Wildman–Crippen MR) is 68.6 cm³/mol. The summed E-state index contributed by atoms with van der Waals surface area (Å²) in [6.45, 7) is 2.03. The molecule has 0 aliphatic carbocycles. The Bertz CT molecular complexity index is 414. The maximum atomic E-state index is 6.02. The third-order valence-electron chi connectivity index (χ3n) is 2.10. The average molecular weight is 251 g/mol. The molecule has 0 saturated heterocycles. The summed E-state index contributed by atoms with van der Waals surface area (Å²) >= 11 is 3.42. The molecule has 2 aromatic rings. The molecule has 0 aromatic carbocycles. The van der Waals surface area contributed by atoms with E-state index in [1.807, 2.05) is 13.0 Å². The van der Waals surface area contributed by atoms with Crippen LogP contribution >= 0.6 is 23.1 Å². The summed E-state index contributed by atoms with van der Waals surface area (Å²) in [5.74, 6) is 0. The van der Waals surface area contributed by atoms with Crippen LogP contribution in [0.5, 0.6) is 0 Å². The Morgan fingerprint density at radius 3 is 2.88 bits per heavy atom. The largest absolute Gasteiger partial charge is 0.327 e. The van der Waals surface area contributed by atoms with Crippen molar-refractivity contribution in [2.75, 3.05) is 0 Å². The number of hydrogen-bond donors (Lipinski definition) is 1. The van der Waals surface area contributed by atoms with Crippen molar-refractivity contribution < 1.29 is 0 Å². The van der Waals surface area contributed by atoms with Crippen molar-refractivity contribution in [3.8, 4) is 0 Å². The van der Waals surface area contributed by atoms with Crippen molar-refractivity contribution in [2.45, 2.75) is 23.2 Å². The van der Waals surface area contributed by atoms with Gasteiger partial charge in [0.25, 0.3) is 0 Å². The van der Waals surface area contributed by atoms with E-state index in [9.17, 15) is 0 Å². The molecule has 2 unspecified atom stereocenters. The topological polar surface area (TPSA) is 51.8 Å². The summed E-state index contributed by atoms with van der Waals surface area (Å²) in [4.78, 5) is 9.41. The Labute approximate surface area is 103 Å². The molecule has 0 radical (unpaired) electrons. The second-order valence-electron chi connectivity index (χ2n) is 3.46. The van der Waals surface area contributed by atoms with Crippen molar-refractivity contribution in [1.82, 2.24) is 9.97 Å². The van der Waals surface area contributed by atoms with Crippen molar-refractivity contribution in [3.05, 3.63) is 41.0 Å². The Morgan fingerprint density at radius 2 is 2.31 bits per heavy atom. The smallest absolute Gasteiger partial charge is 0.116 e. The molecule has 2 heterocycles. The highest BCUT2D eigenvalue weighted by Gasteiger charge is 2.19. The predicted octanol–water partition coefficient (Wildman–Crippen LogP) is 2.72. The highest BCUT2D eigenvalue weighted by atomic mass is 32.2. The average Bonchev–Trinajstić information content (AvgIpc) is 2.80. The molecule has 2 atom stereocenters. The lowest BCUT2D eigenvalue weighted by Gasteiger charge is -2.18. The van der Waals surface area contributed by atoms with E-state index in [0.717, 1.165) is 5.03 Å². The first-order chi connectivity index (χ1) is 7.77. The fourth-order valence-electron chi connectivity index (χ4n) is 1.36. The third kappa shape index (κ3) is 2.81. The van der Waals surface area contributed by atoms with E-state index in [4.69, 9.17) is 5.73 Å². The standard InChI is InChI=1S/C11H13N3S2/c1-8(12)11(9-3-2-6-15-9)16-10-4-5-13-7-14-10/h2-8,11H,12H2,1H3. The normalized spacial score (nSPS) is 14.6. The molecular formula is C11H13N3S2. The molecule has 3 nitrogen and oxygen atoms in total. The number of aromatic nitrogens is 2. The van der Waals surface area contributed by atoms with Gasteiger partial charge in [-0.15, -0.1) is 11.3 Å². The van der Waals surface area contributed by atoms with E-state index < -0.39 is 0 Å². The van der Waals surface area contributed by atoms with Crippen LogP contribution in [0.25, 0.3) is 0 Å². The fourth-order valence-corrected chi connectivity index (χ4v) is 3.40. The molecule has 16 heavy (non-hydrogen) atoms. The summed E-state index contributed by atoms with van der Waals surface area (Å²) in [6.07, 6.45) is 3.32. The van der Waals surface area contributed by atoms with Gasteiger partial charge in [-0.25, -0.2) is 9.97 Å². The first kappa shape index (κ1) is 11.6. The third-order valence-corrected chi connectivity index (χ3v) is 4.63. The number of nitrogens with zero attached hydrogens (tertiary/aromatic N) is 2. The first-order valence-corrected chi connectivity index (χ1v) is 6.75. The second kappa shape index (κ2) is 5.43.